The number of nitrogens with one attached hydrogen (secondary N) is 4. The zero-order valence-corrected chi connectivity index (χ0v) is 21.1. The van der Waals surface area contributed by atoms with Crippen LogP contribution in [0.2, 0.25) is 0 Å². The van der Waals surface area contributed by atoms with Gasteiger partial charge in [-0.05, 0) is 70.1 Å². The molecule has 35 heavy (non-hydrogen) atoms. The number of nitrogens with zero attached hydrogens (tertiary/aromatic N) is 1. The van der Waals surface area contributed by atoms with E-state index >= 15 is 0 Å². The molecule has 3 aliphatic carbocycles. The normalized spacial score (nSPS) is 43.1. The Bertz CT molecular complexity index is 732. The number of aliphatic imine (C=N–C) groups is 1. The minimum Gasteiger partial charge on any atom is -0.381 e. The smallest absolute Gasteiger partial charge is 0.229 e. The van der Waals surface area contributed by atoms with Crippen LogP contribution in [0.4, 0.5) is 13.2 Å². The van der Waals surface area contributed by atoms with E-state index in [1.165, 1.54) is 0 Å². The van der Waals surface area contributed by atoms with Crippen LogP contribution in [0, 0.1) is 11.8 Å². The summed E-state index contributed by atoms with van der Waals surface area (Å²) in [5, 5.41) is 5.68. The Labute approximate surface area is 210 Å². The molecule has 0 bridgehead atoms. The maximum atomic E-state index is 14.1. The van der Waals surface area contributed by atoms with Gasteiger partial charge in [0, 0.05) is 36.9 Å². The third kappa shape index (κ3) is 7.46. The molecular weight excluding hydrogens is 483 g/mol. The Morgan fingerprint density at radius 1 is 0.943 bits per heavy atom. The van der Waals surface area contributed by atoms with Crippen molar-refractivity contribution >= 4 is 23.5 Å². The summed E-state index contributed by atoms with van der Waals surface area (Å²) < 4.78 is 47.0. The summed E-state index contributed by atoms with van der Waals surface area (Å²) in [6, 6.07) is -0.0203. The van der Waals surface area contributed by atoms with Crippen LogP contribution < -0.4 is 21.5 Å². The van der Waals surface area contributed by atoms with Crippen LogP contribution >= 0.6 is 11.6 Å². The predicted octanol–water partition coefficient (Wildman–Crippen LogP) is 3.42. The molecule has 0 aromatic rings. The molecule has 4 rings (SSSR count). The number of alkyl halides is 4. The first-order valence-corrected chi connectivity index (χ1v) is 13.5. The number of halogens is 4. The lowest BCUT2D eigenvalue weighted by molar-refractivity contribution is -0.125. The SMILES string of the molecule is COC1CCC(C2CC(/N=C(/NC(=O)C3CCC(F)C(F)C3)NC3CC(F)CC(Cl)C3)NN2)CC1. The molecule has 8 unspecified atom stereocenters. The molecule has 200 valence electrons. The Balaban J connectivity index is 1.39. The Morgan fingerprint density at radius 3 is 2.40 bits per heavy atom. The van der Waals surface area contributed by atoms with E-state index in [9.17, 15) is 18.0 Å². The first-order chi connectivity index (χ1) is 16.8. The number of hydrogen-bond acceptors (Lipinski definition) is 5. The van der Waals surface area contributed by atoms with Gasteiger partial charge >= 0.3 is 0 Å². The highest BCUT2D eigenvalue weighted by atomic mass is 35.5. The zero-order valence-electron chi connectivity index (χ0n) is 20.3. The van der Waals surface area contributed by atoms with Gasteiger partial charge in [-0.15, -0.1) is 11.6 Å². The van der Waals surface area contributed by atoms with Gasteiger partial charge in [0.05, 0.1) is 6.10 Å². The van der Waals surface area contributed by atoms with E-state index in [4.69, 9.17) is 21.3 Å². The second-order valence-electron chi connectivity index (χ2n) is 10.7. The standard InChI is InChI=1S/C24H39ClF3N5O2/c1-35-18-5-2-13(3-6-18)21-12-22(33-32-21)30-24(29-17-10-15(25)9-16(26)11-17)31-23(34)14-4-7-19(27)20(28)8-14/h13-22,32-33H,2-12H2,1H3,(H2,29,30,31,34). The number of methoxy groups -OCH3 is 1. The Morgan fingerprint density at radius 2 is 1.71 bits per heavy atom. The fraction of sp³-hybridized carbons (Fsp3) is 0.917. The predicted molar refractivity (Wildman–Crippen MR) is 129 cm³/mol. The van der Waals surface area contributed by atoms with Gasteiger partial charge in [-0.3, -0.25) is 15.5 Å². The van der Waals surface area contributed by atoms with Crippen molar-refractivity contribution in [1.29, 1.82) is 0 Å². The lowest BCUT2D eigenvalue weighted by atomic mass is 9.82. The van der Waals surface area contributed by atoms with E-state index in [1.807, 2.05) is 0 Å². The Hall–Kier alpha value is -1.10. The quantitative estimate of drug-likeness (QED) is 0.253. The van der Waals surface area contributed by atoms with Gasteiger partial charge in [0.15, 0.2) is 5.96 Å². The van der Waals surface area contributed by atoms with Gasteiger partial charge in [-0.2, -0.15) is 0 Å². The number of carbonyl (C=O) groups is 1. The number of hydrogen-bond donors (Lipinski definition) is 4. The van der Waals surface area contributed by atoms with Crippen LogP contribution in [-0.2, 0) is 9.53 Å². The molecule has 0 aromatic heterocycles. The molecule has 1 saturated heterocycles. The van der Waals surface area contributed by atoms with Gasteiger partial charge in [0.25, 0.3) is 0 Å². The number of rotatable bonds is 5. The summed E-state index contributed by atoms with van der Waals surface area (Å²) in [4.78, 5) is 17.6. The minimum absolute atomic E-state index is 0.0281. The van der Waals surface area contributed by atoms with Crippen molar-refractivity contribution in [3.8, 4) is 0 Å². The summed E-state index contributed by atoms with van der Waals surface area (Å²) in [6.45, 7) is 0. The topological polar surface area (TPSA) is 86.8 Å². The summed E-state index contributed by atoms with van der Waals surface area (Å²) in [5.41, 5.74) is 6.56. The monoisotopic (exact) mass is 521 g/mol. The Kier molecular flexibility index (Phi) is 9.57. The third-order valence-corrected chi connectivity index (χ3v) is 8.41. The van der Waals surface area contributed by atoms with Gasteiger partial charge < -0.3 is 10.1 Å². The molecule has 11 heteroatoms. The summed E-state index contributed by atoms with van der Waals surface area (Å²) in [5.74, 6) is -0.261. The van der Waals surface area contributed by atoms with E-state index in [0.29, 0.717) is 24.9 Å². The van der Waals surface area contributed by atoms with Crippen molar-refractivity contribution in [2.45, 2.75) is 119 Å². The molecular formula is C24H39ClF3N5O2. The molecule has 4 aliphatic rings. The molecule has 3 saturated carbocycles. The van der Waals surface area contributed by atoms with Crippen LogP contribution in [0.25, 0.3) is 0 Å². The number of hydrazine groups is 1. The summed E-state index contributed by atoms with van der Waals surface area (Å²) >= 11 is 6.23. The van der Waals surface area contributed by atoms with Crippen LogP contribution in [0.3, 0.4) is 0 Å². The molecule has 4 N–H and O–H groups in total. The fourth-order valence-electron chi connectivity index (χ4n) is 5.98. The van der Waals surface area contributed by atoms with Crippen molar-refractivity contribution in [2.24, 2.45) is 16.8 Å². The maximum Gasteiger partial charge on any atom is 0.229 e. The first-order valence-electron chi connectivity index (χ1n) is 13.1. The zero-order chi connectivity index (χ0) is 24.9. The number of ether oxygens (including phenoxy) is 1. The van der Waals surface area contributed by atoms with E-state index in [2.05, 4.69) is 21.5 Å². The van der Waals surface area contributed by atoms with Crippen LogP contribution in [0.5, 0.6) is 0 Å². The highest BCUT2D eigenvalue weighted by Crippen LogP contribution is 2.32. The fourth-order valence-corrected chi connectivity index (χ4v) is 6.38. The molecule has 0 aromatic carbocycles. The van der Waals surface area contributed by atoms with Gasteiger partial charge in [0.1, 0.15) is 24.7 Å². The summed E-state index contributed by atoms with van der Waals surface area (Å²) in [7, 11) is 1.76. The lowest BCUT2D eigenvalue weighted by Crippen LogP contribution is -2.51. The molecule has 1 aliphatic heterocycles. The average molecular weight is 522 g/mol. The third-order valence-electron chi connectivity index (χ3n) is 8.06. The van der Waals surface area contributed by atoms with Crippen molar-refractivity contribution < 1.29 is 22.7 Å². The second kappa shape index (κ2) is 12.4. The first kappa shape index (κ1) is 26.9. The summed E-state index contributed by atoms with van der Waals surface area (Å²) in [6.07, 6.45) is 2.17. The van der Waals surface area contributed by atoms with Crippen LogP contribution in [-0.4, -0.2) is 67.2 Å². The van der Waals surface area contributed by atoms with Gasteiger partial charge in [-0.1, -0.05) is 0 Å². The highest BCUT2D eigenvalue weighted by molar-refractivity contribution is 6.20. The van der Waals surface area contributed by atoms with Crippen molar-refractivity contribution in [1.82, 2.24) is 21.5 Å². The minimum atomic E-state index is -1.63. The molecule has 0 radical (unpaired) electrons. The number of carbonyl (C=O) groups excluding carboxylic acids is 1. The largest absolute Gasteiger partial charge is 0.381 e. The molecule has 1 amide bonds. The average Bonchev–Trinajstić information content (AvgIpc) is 3.28. The molecule has 1 heterocycles. The number of amides is 1. The molecule has 4 fully saturated rings. The molecule has 7 nitrogen and oxygen atoms in total. The highest BCUT2D eigenvalue weighted by Gasteiger charge is 2.36. The second-order valence-corrected chi connectivity index (χ2v) is 11.3. The van der Waals surface area contributed by atoms with Crippen molar-refractivity contribution in [3.63, 3.8) is 0 Å². The van der Waals surface area contributed by atoms with E-state index in [0.717, 1.165) is 32.1 Å². The van der Waals surface area contributed by atoms with E-state index in [-0.39, 0.29) is 61.2 Å². The molecule has 0 spiro atoms. The van der Waals surface area contributed by atoms with Gasteiger partial charge in [-0.25, -0.2) is 23.6 Å². The van der Waals surface area contributed by atoms with Crippen LogP contribution in [0.1, 0.15) is 70.6 Å². The lowest BCUT2D eigenvalue weighted by Gasteiger charge is -2.31. The van der Waals surface area contributed by atoms with Crippen molar-refractivity contribution in [2.75, 3.05) is 7.11 Å². The van der Waals surface area contributed by atoms with E-state index in [1.54, 1.807) is 7.11 Å². The maximum absolute atomic E-state index is 14.1. The van der Waals surface area contributed by atoms with E-state index < -0.39 is 24.4 Å². The number of guanidine groups is 1. The van der Waals surface area contributed by atoms with Crippen LogP contribution in [0.15, 0.2) is 4.99 Å². The molecule has 8 atom stereocenters. The van der Waals surface area contributed by atoms with Crippen molar-refractivity contribution in [3.05, 3.63) is 0 Å². The van der Waals surface area contributed by atoms with Gasteiger partial charge in [0.2, 0.25) is 5.91 Å².